The van der Waals surface area contributed by atoms with Crippen LogP contribution >= 0.6 is 0 Å². The Morgan fingerprint density at radius 1 is 1.03 bits per heavy atom. The van der Waals surface area contributed by atoms with Crippen molar-refractivity contribution in [1.82, 2.24) is 20.1 Å². The van der Waals surface area contributed by atoms with Crippen molar-refractivity contribution in [1.29, 1.82) is 0 Å². The predicted molar refractivity (Wildman–Crippen MR) is 113 cm³/mol. The van der Waals surface area contributed by atoms with Crippen molar-refractivity contribution in [3.8, 4) is 5.75 Å². The number of carbonyl (C=O) groups is 1. The van der Waals surface area contributed by atoms with E-state index in [1.807, 2.05) is 48.5 Å². The van der Waals surface area contributed by atoms with E-state index in [1.165, 1.54) is 10.9 Å². The molecule has 2 aromatic heterocycles. The molecule has 1 N–H and O–H groups in total. The molecular weight excluding hydrogens is 380 g/mol. The highest BCUT2D eigenvalue weighted by Gasteiger charge is 2.08. The van der Waals surface area contributed by atoms with E-state index >= 15 is 0 Å². The zero-order valence-electron chi connectivity index (χ0n) is 16.2. The third-order valence-corrected chi connectivity index (χ3v) is 4.56. The number of pyridine rings is 1. The SMILES string of the molecule is O=C(Cn1ncc(=O)c2ccccc21)NCc1cccc(OCc2ccccn2)c1. The third-order valence-electron chi connectivity index (χ3n) is 4.56. The van der Waals surface area contributed by atoms with Gasteiger partial charge in [-0.1, -0.05) is 30.3 Å². The van der Waals surface area contributed by atoms with Crippen molar-refractivity contribution in [2.45, 2.75) is 19.7 Å². The summed E-state index contributed by atoms with van der Waals surface area (Å²) in [5, 5.41) is 7.51. The topological polar surface area (TPSA) is 86.1 Å². The number of nitrogens with one attached hydrogen (secondary N) is 1. The van der Waals surface area contributed by atoms with E-state index < -0.39 is 0 Å². The second-order valence-electron chi connectivity index (χ2n) is 6.72. The standard InChI is InChI=1S/C23H20N4O3/c28-22-14-26-27(21-10-2-1-9-20(21)22)15-23(29)25-13-17-6-5-8-19(12-17)30-16-18-7-3-4-11-24-18/h1-12,14H,13,15-16H2,(H,25,29). The van der Waals surface area contributed by atoms with E-state index in [2.05, 4.69) is 15.4 Å². The second kappa shape index (κ2) is 9.00. The molecule has 2 heterocycles. The summed E-state index contributed by atoms with van der Waals surface area (Å²) in [6.07, 6.45) is 2.96. The van der Waals surface area contributed by atoms with Crippen molar-refractivity contribution in [3.05, 3.63) is 101 Å². The van der Waals surface area contributed by atoms with Gasteiger partial charge in [0.2, 0.25) is 11.3 Å². The number of rotatable bonds is 7. The molecule has 2 aromatic carbocycles. The van der Waals surface area contributed by atoms with Gasteiger partial charge in [-0.2, -0.15) is 5.10 Å². The minimum absolute atomic E-state index is 0.0245. The van der Waals surface area contributed by atoms with Gasteiger partial charge in [-0.05, 0) is 42.0 Å². The fourth-order valence-electron chi connectivity index (χ4n) is 3.07. The number of carbonyl (C=O) groups excluding carboxylic acids is 1. The number of hydrogen-bond donors (Lipinski definition) is 1. The summed E-state index contributed by atoms with van der Waals surface area (Å²) in [6, 6.07) is 20.3. The number of amides is 1. The lowest BCUT2D eigenvalue weighted by molar-refractivity contribution is -0.121. The Labute approximate surface area is 173 Å². The van der Waals surface area contributed by atoms with Gasteiger partial charge in [-0.15, -0.1) is 0 Å². The van der Waals surface area contributed by atoms with E-state index in [0.29, 0.717) is 29.8 Å². The summed E-state index contributed by atoms with van der Waals surface area (Å²) in [6.45, 7) is 0.760. The molecule has 7 heteroatoms. The number of para-hydroxylation sites is 1. The molecule has 30 heavy (non-hydrogen) atoms. The van der Waals surface area contributed by atoms with Crippen LogP contribution in [0.5, 0.6) is 5.75 Å². The number of benzene rings is 2. The highest BCUT2D eigenvalue weighted by atomic mass is 16.5. The first-order valence-electron chi connectivity index (χ1n) is 9.52. The average Bonchev–Trinajstić information content (AvgIpc) is 2.79. The maximum Gasteiger partial charge on any atom is 0.242 e. The van der Waals surface area contributed by atoms with Crippen molar-refractivity contribution in [2.24, 2.45) is 0 Å². The van der Waals surface area contributed by atoms with Gasteiger partial charge in [-0.3, -0.25) is 19.3 Å². The van der Waals surface area contributed by atoms with Crippen LogP contribution in [0.15, 0.2) is 83.9 Å². The predicted octanol–water partition coefficient (Wildman–Crippen LogP) is 2.69. The Morgan fingerprint density at radius 2 is 1.90 bits per heavy atom. The molecule has 0 fully saturated rings. The lowest BCUT2D eigenvalue weighted by atomic mass is 10.2. The third kappa shape index (κ3) is 4.70. The second-order valence-corrected chi connectivity index (χ2v) is 6.72. The van der Waals surface area contributed by atoms with E-state index in [0.717, 1.165) is 11.3 Å². The molecule has 0 saturated carbocycles. The number of fused-ring (bicyclic) bond motifs is 1. The summed E-state index contributed by atoms with van der Waals surface area (Å²) in [5.74, 6) is 0.511. The average molecular weight is 400 g/mol. The van der Waals surface area contributed by atoms with Crippen LogP contribution in [0.4, 0.5) is 0 Å². The minimum Gasteiger partial charge on any atom is -0.487 e. The van der Waals surface area contributed by atoms with Gasteiger partial charge in [-0.25, -0.2) is 0 Å². The maximum absolute atomic E-state index is 12.4. The quantitative estimate of drug-likeness (QED) is 0.515. The monoisotopic (exact) mass is 400 g/mol. The highest BCUT2D eigenvalue weighted by molar-refractivity contribution is 5.81. The maximum atomic E-state index is 12.4. The normalized spacial score (nSPS) is 10.7. The first-order chi connectivity index (χ1) is 14.7. The van der Waals surface area contributed by atoms with Crippen molar-refractivity contribution >= 4 is 16.8 Å². The molecule has 1 amide bonds. The Hall–Kier alpha value is -4.00. The molecule has 0 saturated heterocycles. The van der Waals surface area contributed by atoms with Crippen LogP contribution in [-0.2, 0) is 24.5 Å². The van der Waals surface area contributed by atoms with E-state index in [1.54, 1.807) is 24.4 Å². The molecule has 7 nitrogen and oxygen atoms in total. The summed E-state index contributed by atoms with van der Waals surface area (Å²) in [5.41, 5.74) is 2.23. The molecule has 150 valence electrons. The Kier molecular flexibility index (Phi) is 5.80. The molecule has 0 aliphatic heterocycles. The number of aromatic nitrogens is 3. The number of nitrogens with zero attached hydrogens (tertiary/aromatic N) is 3. The highest BCUT2D eigenvalue weighted by Crippen LogP contribution is 2.15. The Morgan fingerprint density at radius 3 is 2.77 bits per heavy atom. The number of ether oxygens (including phenoxy) is 1. The van der Waals surface area contributed by atoms with Gasteiger partial charge in [0.15, 0.2) is 0 Å². The molecule has 0 atom stereocenters. The summed E-state index contributed by atoms with van der Waals surface area (Å²) in [7, 11) is 0. The van der Waals surface area contributed by atoms with Crippen LogP contribution in [0.25, 0.3) is 10.9 Å². The van der Waals surface area contributed by atoms with Crippen molar-refractivity contribution in [2.75, 3.05) is 0 Å². The van der Waals surface area contributed by atoms with E-state index in [4.69, 9.17) is 4.74 Å². The molecule has 0 unspecified atom stereocenters. The zero-order chi connectivity index (χ0) is 20.8. The van der Waals surface area contributed by atoms with Crippen LogP contribution < -0.4 is 15.5 Å². The van der Waals surface area contributed by atoms with Gasteiger partial charge in [0.05, 0.1) is 17.4 Å². The van der Waals surface area contributed by atoms with Crippen LogP contribution in [0.2, 0.25) is 0 Å². The minimum atomic E-state index is -0.198. The van der Waals surface area contributed by atoms with Gasteiger partial charge in [0, 0.05) is 18.1 Å². The Bertz CT molecular complexity index is 1220. The molecule has 0 aliphatic rings. The van der Waals surface area contributed by atoms with Gasteiger partial charge >= 0.3 is 0 Å². The first-order valence-corrected chi connectivity index (χ1v) is 9.52. The first kappa shape index (κ1) is 19.3. The molecule has 4 aromatic rings. The van der Waals surface area contributed by atoms with Crippen LogP contribution in [-0.4, -0.2) is 20.7 Å². The lowest BCUT2D eigenvalue weighted by Gasteiger charge is -2.11. The summed E-state index contributed by atoms with van der Waals surface area (Å²) in [4.78, 5) is 28.6. The lowest BCUT2D eigenvalue weighted by Crippen LogP contribution is -2.28. The van der Waals surface area contributed by atoms with Crippen LogP contribution in [0, 0.1) is 0 Å². The fourth-order valence-corrected chi connectivity index (χ4v) is 3.07. The van der Waals surface area contributed by atoms with Gasteiger partial charge in [0.25, 0.3) is 0 Å². The summed E-state index contributed by atoms with van der Waals surface area (Å²) < 4.78 is 7.30. The molecule has 0 aliphatic carbocycles. The zero-order valence-corrected chi connectivity index (χ0v) is 16.2. The van der Waals surface area contributed by atoms with Crippen molar-refractivity contribution in [3.63, 3.8) is 0 Å². The fraction of sp³-hybridized carbons (Fsp3) is 0.130. The Balaban J connectivity index is 1.36. The smallest absolute Gasteiger partial charge is 0.242 e. The van der Waals surface area contributed by atoms with Crippen LogP contribution in [0.3, 0.4) is 0 Å². The molecule has 4 rings (SSSR count). The van der Waals surface area contributed by atoms with Crippen LogP contribution in [0.1, 0.15) is 11.3 Å². The number of hydrogen-bond acceptors (Lipinski definition) is 5. The van der Waals surface area contributed by atoms with Crippen molar-refractivity contribution < 1.29 is 9.53 Å². The largest absolute Gasteiger partial charge is 0.487 e. The van der Waals surface area contributed by atoms with Gasteiger partial charge < -0.3 is 10.1 Å². The van der Waals surface area contributed by atoms with E-state index in [-0.39, 0.29) is 17.9 Å². The van der Waals surface area contributed by atoms with Gasteiger partial charge in [0.1, 0.15) is 18.9 Å². The molecule has 0 spiro atoms. The molecule has 0 bridgehead atoms. The summed E-state index contributed by atoms with van der Waals surface area (Å²) >= 11 is 0. The molecular formula is C23H20N4O3. The molecule has 0 radical (unpaired) electrons. The van der Waals surface area contributed by atoms with E-state index in [9.17, 15) is 9.59 Å².